The van der Waals surface area contributed by atoms with Crippen molar-refractivity contribution in [3.63, 3.8) is 0 Å². The average Bonchev–Trinajstić information content (AvgIpc) is 3.19. The summed E-state index contributed by atoms with van der Waals surface area (Å²) >= 11 is 5.51. The number of likely N-dealkylation sites (tertiary alicyclic amines) is 1. The van der Waals surface area contributed by atoms with Gasteiger partial charge in [0.15, 0.2) is 10.6 Å². The number of aliphatic hydroxyl groups is 1. The highest BCUT2D eigenvalue weighted by Gasteiger charge is 2.28. The van der Waals surface area contributed by atoms with Crippen LogP contribution in [-0.2, 0) is 13.3 Å². The summed E-state index contributed by atoms with van der Waals surface area (Å²) in [5.41, 5.74) is 0. The molecular weight excluding hydrogens is 260 g/mol. The van der Waals surface area contributed by atoms with Crippen LogP contribution in [0.3, 0.4) is 0 Å². The second-order valence-electron chi connectivity index (χ2n) is 5.90. The fourth-order valence-corrected chi connectivity index (χ4v) is 3.11. The standard InChI is InChI=1S/C13H22N4OS/c1-10-4-6-15(7-5-10)9-16-13(19)17(11-2-3-11)12(8-18)14-16/h10-11,18H,2-9H2,1H3. The van der Waals surface area contributed by atoms with E-state index in [4.69, 9.17) is 12.2 Å². The predicted molar refractivity (Wildman–Crippen MR) is 75.2 cm³/mol. The number of aromatic nitrogens is 3. The maximum Gasteiger partial charge on any atom is 0.199 e. The molecule has 1 aromatic heterocycles. The van der Waals surface area contributed by atoms with Gasteiger partial charge in [0, 0.05) is 19.1 Å². The summed E-state index contributed by atoms with van der Waals surface area (Å²) in [5, 5.41) is 13.9. The third-order valence-corrected chi connectivity index (χ3v) is 4.61. The highest BCUT2D eigenvalue weighted by atomic mass is 32.1. The average molecular weight is 282 g/mol. The van der Waals surface area contributed by atoms with E-state index in [1.165, 1.54) is 12.8 Å². The summed E-state index contributed by atoms with van der Waals surface area (Å²) in [7, 11) is 0. The number of hydrogen-bond donors (Lipinski definition) is 1. The fourth-order valence-electron chi connectivity index (χ4n) is 2.76. The SMILES string of the molecule is CC1CCN(Cn2nc(CO)n(C3CC3)c2=S)CC1. The minimum Gasteiger partial charge on any atom is -0.388 e. The first-order valence-corrected chi connectivity index (χ1v) is 7.61. The Hall–Kier alpha value is -0.720. The van der Waals surface area contributed by atoms with E-state index in [0.717, 1.165) is 49.1 Å². The van der Waals surface area contributed by atoms with E-state index in [2.05, 4.69) is 16.9 Å². The molecule has 0 aromatic carbocycles. The summed E-state index contributed by atoms with van der Waals surface area (Å²) in [5.74, 6) is 1.55. The molecule has 3 rings (SSSR count). The van der Waals surface area contributed by atoms with Gasteiger partial charge in [-0.3, -0.25) is 9.47 Å². The molecule has 0 atom stereocenters. The van der Waals surface area contributed by atoms with Gasteiger partial charge in [-0.1, -0.05) is 6.92 Å². The first-order valence-electron chi connectivity index (χ1n) is 7.20. The lowest BCUT2D eigenvalue weighted by Gasteiger charge is -2.29. The molecular formula is C13H22N4OS. The zero-order valence-corrected chi connectivity index (χ0v) is 12.3. The monoisotopic (exact) mass is 282 g/mol. The van der Waals surface area contributed by atoms with Gasteiger partial charge in [0.05, 0.1) is 6.67 Å². The molecule has 1 aliphatic carbocycles. The number of piperidine rings is 1. The molecule has 2 heterocycles. The lowest BCUT2D eigenvalue weighted by Crippen LogP contribution is -2.34. The van der Waals surface area contributed by atoms with Gasteiger partial charge in [-0.2, -0.15) is 5.10 Å². The Morgan fingerprint density at radius 3 is 2.53 bits per heavy atom. The Labute approximate surface area is 118 Å². The van der Waals surface area contributed by atoms with E-state index >= 15 is 0 Å². The van der Waals surface area contributed by atoms with Gasteiger partial charge in [0.2, 0.25) is 0 Å². The first kappa shape index (κ1) is 13.3. The molecule has 1 N–H and O–H groups in total. The van der Waals surface area contributed by atoms with Crippen LogP contribution < -0.4 is 0 Å². The smallest absolute Gasteiger partial charge is 0.199 e. The quantitative estimate of drug-likeness (QED) is 0.857. The van der Waals surface area contributed by atoms with Crippen LogP contribution in [0, 0.1) is 10.7 Å². The molecule has 106 valence electrons. The van der Waals surface area contributed by atoms with Crippen molar-refractivity contribution in [3.05, 3.63) is 10.6 Å². The molecule has 0 bridgehead atoms. The third kappa shape index (κ3) is 2.75. The van der Waals surface area contributed by atoms with Crippen LogP contribution in [-0.4, -0.2) is 37.4 Å². The van der Waals surface area contributed by atoms with Crippen molar-refractivity contribution >= 4 is 12.2 Å². The van der Waals surface area contributed by atoms with Crippen LogP contribution in [0.5, 0.6) is 0 Å². The summed E-state index contributed by atoms with van der Waals surface area (Å²) < 4.78 is 4.70. The number of hydrogen-bond acceptors (Lipinski definition) is 4. The van der Waals surface area contributed by atoms with Crippen LogP contribution in [0.1, 0.15) is 44.5 Å². The van der Waals surface area contributed by atoms with E-state index in [-0.39, 0.29) is 6.61 Å². The largest absolute Gasteiger partial charge is 0.388 e. The minimum absolute atomic E-state index is 0.0236. The predicted octanol–water partition coefficient (Wildman–Crippen LogP) is 1.93. The molecule has 0 radical (unpaired) electrons. The van der Waals surface area contributed by atoms with Crippen molar-refractivity contribution in [2.24, 2.45) is 5.92 Å². The second kappa shape index (κ2) is 5.34. The first-order chi connectivity index (χ1) is 9.19. The summed E-state index contributed by atoms with van der Waals surface area (Å²) in [6.45, 7) is 5.29. The lowest BCUT2D eigenvalue weighted by atomic mass is 10.00. The molecule has 0 amide bonds. The highest BCUT2D eigenvalue weighted by Crippen LogP contribution is 2.36. The maximum absolute atomic E-state index is 9.42. The van der Waals surface area contributed by atoms with Crippen molar-refractivity contribution < 1.29 is 5.11 Å². The molecule has 1 aliphatic heterocycles. The maximum atomic E-state index is 9.42. The molecule has 0 unspecified atom stereocenters. The number of nitrogens with zero attached hydrogens (tertiary/aromatic N) is 4. The van der Waals surface area contributed by atoms with Crippen molar-refractivity contribution in [2.75, 3.05) is 13.1 Å². The van der Waals surface area contributed by atoms with E-state index in [0.29, 0.717) is 6.04 Å². The molecule has 2 aliphatic rings. The minimum atomic E-state index is -0.0236. The molecule has 5 nitrogen and oxygen atoms in total. The number of aliphatic hydroxyl groups excluding tert-OH is 1. The van der Waals surface area contributed by atoms with Crippen LogP contribution in [0.4, 0.5) is 0 Å². The molecule has 0 spiro atoms. The second-order valence-corrected chi connectivity index (χ2v) is 6.26. The Morgan fingerprint density at radius 1 is 1.26 bits per heavy atom. The van der Waals surface area contributed by atoms with E-state index in [1.807, 2.05) is 9.25 Å². The van der Waals surface area contributed by atoms with Crippen LogP contribution in [0.2, 0.25) is 0 Å². The van der Waals surface area contributed by atoms with Crippen LogP contribution in [0.15, 0.2) is 0 Å². The molecule has 1 aromatic rings. The molecule has 6 heteroatoms. The van der Waals surface area contributed by atoms with Gasteiger partial charge >= 0.3 is 0 Å². The summed E-state index contributed by atoms with van der Waals surface area (Å²) in [6.07, 6.45) is 4.83. The number of rotatable bonds is 4. The van der Waals surface area contributed by atoms with Gasteiger partial charge < -0.3 is 5.11 Å². The van der Waals surface area contributed by atoms with Crippen molar-refractivity contribution in [2.45, 2.75) is 51.9 Å². The zero-order chi connectivity index (χ0) is 13.4. The highest BCUT2D eigenvalue weighted by molar-refractivity contribution is 7.71. The van der Waals surface area contributed by atoms with Crippen LogP contribution in [0.25, 0.3) is 0 Å². The fraction of sp³-hybridized carbons (Fsp3) is 0.846. The van der Waals surface area contributed by atoms with Gasteiger partial charge in [0.1, 0.15) is 6.61 Å². The van der Waals surface area contributed by atoms with Crippen molar-refractivity contribution in [1.29, 1.82) is 0 Å². The van der Waals surface area contributed by atoms with E-state index < -0.39 is 0 Å². The van der Waals surface area contributed by atoms with Gasteiger partial charge in [0.25, 0.3) is 0 Å². The summed E-state index contributed by atoms with van der Waals surface area (Å²) in [6, 6.07) is 0.477. The van der Waals surface area contributed by atoms with Gasteiger partial charge in [-0.25, -0.2) is 4.68 Å². The van der Waals surface area contributed by atoms with E-state index in [1.54, 1.807) is 0 Å². The molecule has 1 saturated heterocycles. The molecule has 1 saturated carbocycles. The van der Waals surface area contributed by atoms with Crippen molar-refractivity contribution in [3.8, 4) is 0 Å². The van der Waals surface area contributed by atoms with Gasteiger partial charge in [-0.05, 0) is 43.8 Å². The Morgan fingerprint density at radius 2 is 1.95 bits per heavy atom. The lowest BCUT2D eigenvalue weighted by molar-refractivity contribution is 0.145. The Balaban J connectivity index is 1.76. The van der Waals surface area contributed by atoms with Crippen molar-refractivity contribution in [1.82, 2.24) is 19.2 Å². The zero-order valence-electron chi connectivity index (χ0n) is 11.5. The Kier molecular flexibility index (Phi) is 3.73. The molecule has 2 fully saturated rings. The topological polar surface area (TPSA) is 46.2 Å². The normalized spacial score (nSPS) is 22.0. The third-order valence-electron chi connectivity index (χ3n) is 4.20. The Bertz CT molecular complexity index is 497. The van der Waals surface area contributed by atoms with E-state index in [9.17, 15) is 5.11 Å². The van der Waals surface area contributed by atoms with Crippen LogP contribution >= 0.6 is 12.2 Å². The summed E-state index contributed by atoms with van der Waals surface area (Å²) in [4.78, 5) is 2.40. The molecule has 19 heavy (non-hydrogen) atoms. The van der Waals surface area contributed by atoms with Gasteiger partial charge in [-0.15, -0.1) is 0 Å².